The zero-order valence-corrected chi connectivity index (χ0v) is 32.8. The van der Waals surface area contributed by atoms with E-state index in [1.165, 1.54) is 5.57 Å². The third-order valence-corrected chi connectivity index (χ3v) is 13.0. The van der Waals surface area contributed by atoms with Crippen LogP contribution in [-0.4, -0.2) is 87.7 Å². The maximum Gasteiger partial charge on any atom is 0.163 e. The zero-order valence-electron chi connectivity index (χ0n) is 32.8. The van der Waals surface area contributed by atoms with Crippen LogP contribution >= 0.6 is 0 Å². The Balaban J connectivity index is 1.08. The summed E-state index contributed by atoms with van der Waals surface area (Å²) in [6.07, 6.45) is 15.6. The van der Waals surface area contributed by atoms with E-state index < -0.39 is 35.1 Å². The number of hydrogen-bond donors (Lipinski definition) is 2. The molecule has 292 valence electrons. The van der Waals surface area contributed by atoms with Gasteiger partial charge in [-0.1, -0.05) is 92.8 Å². The van der Waals surface area contributed by atoms with E-state index in [2.05, 4.69) is 47.3 Å². The molecule has 14 unspecified atom stereocenters. The predicted octanol–water partition coefficient (Wildman–Crippen LogP) is 8.02. The number of carbonyl (C=O) groups is 1. The molecule has 8 heteroatoms. The summed E-state index contributed by atoms with van der Waals surface area (Å²) < 4.78 is 34.3. The van der Waals surface area contributed by atoms with Gasteiger partial charge in [0.05, 0.1) is 59.5 Å². The van der Waals surface area contributed by atoms with E-state index in [9.17, 15) is 15.0 Å². The number of aliphatic hydroxyl groups excluding tert-OH is 1. The van der Waals surface area contributed by atoms with Gasteiger partial charge < -0.3 is 33.9 Å². The number of Topliss-reactive ketones (excluding diaryl/α,β-unsaturated/α-hetero) is 1. The van der Waals surface area contributed by atoms with Gasteiger partial charge in [0, 0.05) is 24.8 Å². The molecule has 53 heavy (non-hydrogen) atoms. The Morgan fingerprint density at radius 2 is 1.64 bits per heavy atom. The first-order valence-corrected chi connectivity index (χ1v) is 20.1. The first-order valence-electron chi connectivity index (χ1n) is 20.1. The lowest BCUT2D eigenvalue weighted by molar-refractivity contribution is -0.273. The average molecular weight is 733 g/mol. The van der Waals surface area contributed by atoms with Crippen molar-refractivity contribution in [3.05, 3.63) is 84.5 Å². The molecule has 0 amide bonds. The number of allylic oxidation sites excluding steroid dienone is 6. The monoisotopic (exact) mass is 732 g/mol. The summed E-state index contributed by atoms with van der Waals surface area (Å²) in [5.41, 5.74) is -0.283. The van der Waals surface area contributed by atoms with Crippen molar-refractivity contribution in [2.45, 2.75) is 177 Å². The minimum Gasteiger partial charge on any atom is -0.390 e. The highest BCUT2D eigenvalue weighted by Gasteiger charge is 2.58. The van der Waals surface area contributed by atoms with E-state index in [0.717, 1.165) is 31.2 Å². The Kier molecular flexibility index (Phi) is 12.7. The highest BCUT2D eigenvalue weighted by atomic mass is 16.6. The van der Waals surface area contributed by atoms with E-state index in [0.29, 0.717) is 38.5 Å². The van der Waals surface area contributed by atoms with Crippen molar-refractivity contribution in [3.8, 4) is 0 Å². The Morgan fingerprint density at radius 3 is 2.40 bits per heavy atom. The molecule has 0 aliphatic carbocycles. The highest BCUT2D eigenvalue weighted by Crippen LogP contribution is 2.49. The number of hydrogen-bond acceptors (Lipinski definition) is 8. The first-order chi connectivity index (χ1) is 25.2. The van der Waals surface area contributed by atoms with Gasteiger partial charge >= 0.3 is 0 Å². The van der Waals surface area contributed by atoms with Gasteiger partial charge in [-0.2, -0.15) is 0 Å². The van der Waals surface area contributed by atoms with Crippen molar-refractivity contribution >= 4 is 5.78 Å². The maximum absolute atomic E-state index is 12.8. The number of fused-ring (bicyclic) bond motifs is 4. The third kappa shape index (κ3) is 9.18. The minimum atomic E-state index is -1.02. The molecular weight excluding hydrogens is 668 g/mol. The van der Waals surface area contributed by atoms with E-state index in [-0.39, 0.29) is 54.2 Å². The van der Waals surface area contributed by atoms with Gasteiger partial charge in [-0.15, -0.1) is 0 Å². The first kappa shape index (κ1) is 40.2. The summed E-state index contributed by atoms with van der Waals surface area (Å²) in [4.78, 5) is 12.8. The summed E-state index contributed by atoms with van der Waals surface area (Å²) in [6, 6.07) is 9.52. The molecule has 1 aromatic rings. The number of rotatable bonds is 10. The van der Waals surface area contributed by atoms with Crippen LogP contribution < -0.4 is 0 Å². The summed E-state index contributed by atoms with van der Waals surface area (Å²) in [7, 11) is 0. The van der Waals surface area contributed by atoms with Crippen molar-refractivity contribution in [1.29, 1.82) is 0 Å². The van der Waals surface area contributed by atoms with Crippen molar-refractivity contribution in [2.75, 3.05) is 0 Å². The van der Waals surface area contributed by atoms with Crippen LogP contribution in [0.4, 0.5) is 0 Å². The van der Waals surface area contributed by atoms with E-state index in [1.54, 1.807) is 6.08 Å². The molecule has 5 aliphatic heterocycles. The van der Waals surface area contributed by atoms with E-state index in [4.69, 9.17) is 23.7 Å². The zero-order chi connectivity index (χ0) is 38.0. The van der Waals surface area contributed by atoms with Crippen LogP contribution in [0.1, 0.15) is 116 Å². The predicted molar refractivity (Wildman–Crippen MR) is 207 cm³/mol. The molecule has 8 nitrogen and oxygen atoms in total. The standard InChI is InChI=1S/C45H64O8/c1-8-9-10-14-20-39-43(5,48)23-21-36-37(49-39)22-24-44(6)41(50-36)27-38-42(53-44)34(47)28-45(7)40(51-38)26-31(4)35(52-45)19-15-16-29(2)30(3)25-33(46)32-17-12-11-13-18-32/h8-14,16-18,20,30-31,34-42,47-48H,1,15,19,21-28H2,2-7H3/b10-9-,20-14+,29-16+. The summed E-state index contributed by atoms with van der Waals surface area (Å²) in [6.45, 7) is 16.3. The fourth-order valence-electron chi connectivity index (χ4n) is 9.33. The molecule has 0 radical (unpaired) electrons. The molecule has 1 aromatic carbocycles. The third-order valence-electron chi connectivity index (χ3n) is 13.0. The lowest BCUT2D eigenvalue weighted by Gasteiger charge is -2.49. The van der Waals surface area contributed by atoms with Gasteiger partial charge in [0.2, 0.25) is 0 Å². The number of ether oxygens (including phenoxy) is 5. The van der Waals surface area contributed by atoms with Crippen molar-refractivity contribution in [2.24, 2.45) is 11.8 Å². The number of carbonyl (C=O) groups excluding carboxylic acids is 1. The fourth-order valence-corrected chi connectivity index (χ4v) is 9.33. The number of ketones is 1. The quantitative estimate of drug-likeness (QED) is 0.142. The van der Waals surface area contributed by atoms with Gasteiger partial charge in [-0.05, 0) is 84.5 Å². The van der Waals surface area contributed by atoms with Crippen LogP contribution in [-0.2, 0) is 23.7 Å². The molecule has 2 N–H and O–H groups in total. The summed E-state index contributed by atoms with van der Waals surface area (Å²) in [5, 5.41) is 23.1. The highest BCUT2D eigenvalue weighted by molar-refractivity contribution is 5.96. The molecule has 5 fully saturated rings. The molecular formula is C45H64O8. The Morgan fingerprint density at radius 1 is 0.943 bits per heavy atom. The van der Waals surface area contributed by atoms with E-state index in [1.807, 2.05) is 61.6 Å². The van der Waals surface area contributed by atoms with Crippen LogP contribution in [0.3, 0.4) is 0 Å². The second kappa shape index (κ2) is 16.7. The second-order valence-electron chi connectivity index (χ2n) is 17.4. The topological polar surface area (TPSA) is 104 Å². The smallest absolute Gasteiger partial charge is 0.163 e. The normalized spacial score (nSPS) is 42.7. The van der Waals surface area contributed by atoms with Crippen LogP contribution in [0.2, 0.25) is 0 Å². The lowest BCUT2D eigenvalue weighted by atomic mass is 9.79. The van der Waals surface area contributed by atoms with Gasteiger partial charge in [-0.3, -0.25) is 4.79 Å². The summed E-state index contributed by atoms with van der Waals surface area (Å²) in [5.74, 6) is 0.622. The molecule has 6 rings (SSSR count). The molecule has 5 aliphatic rings. The summed E-state index contributed by atoms with van der Waals surface area (Å²) >= 11 is 0. The van der Waals surface area contributed by atoms with Crippen LogP contribution in [0, 0.1) is 11.8 Å². The molecule has 0 aromatic heterocycles. The Hall–Kier alpha value is -2.43. The maximum atomic E-state index is 12.8. The van der Waals surface area contributed by atoms with Crippen molar-refractivity contribution in [1.82, 2.24) is 0 Å². The van der Waals surface area contributed by atoms with Crippen molar-refractivity contribution < 1.29 is 38.7 Å². The van der Waals surface area contributed by atoms with Crippen LogP contribution in [0.25, 0.3) is 0 Å². The molecule has 0 saturated carbocycles. The molecule has 0 bridgehead atoms. The number of aliphatic hydroxyl groups is 2. The Labute approximate surface area is 317 Å². The van der Waals surface area contributed by atoms with Crippen molar-refractivity contribution in [3.63, 3.8) is 0 Å². The SMILES string of the molecule is C=C/C=C\C=C\C1OC2CCC3(C)OC4C(O)CC5(C)OC(CC/C=C(\C)C(C)CC(=O)c6ccccc6)C(C)CC5OC4CC3OC2CCC1(C)O. The molecule has 0 spiro atoms. The Bertz CT molecular complexity index is 1500. The largest absolute Gasteiger partial charge is 0.390 e. The van der Waals surface area contributed by atoms with Gasteiger partial charge in [-0.25, -0.2) is 0 Å². The lowest BCUT2D eigenvalue weighted by Crippen LogP contribution is -2.59. The molecule has 5 heterocycles. The van der Waals surface area contributed by atoms with Gasteiger partial charge in [0.25, 0.3) is 0 Å². The number of benzene rings is 1. The van der Waals surface area contributed by atoms with Crippen LogP contribution in [0.5, 0.6) is 0 Å². The fraction of sp³-hybridized carbons (Fsp3) is 0.667. The average Bonchev–Trinajstić information content (AvgIpc) is 3.38. The molecule has 5 saturated heterocycles. The minimum absolute atomic E-state index is 0.0337. The molecule has 14 atom stereocenters. The van der Waals surface area contributed by atoms with Gasteiger partial charge in [0.1, 0.15) is 12.2 Å². The second-order valence-corrected chi connectivity index (χ2v) is 17.4. The van der Waals surface area contributed by atoms with Crippen LogP contribution in [0.15, 0.2) is 78.9 Å². The van der Waals surface area contributed by atoms with E-state index >= 15 is 0 Å². The van der Waals surface area contributed by atoms with Gasteiger partial charge in [0.15, 0.2) is 5.78 Å².